The van der Waals surface area contributed by atoms with E-state index in [1.165, 1.54) is 12.3 Å². The van der Waals surface area contributed by atoms with Crippen molar-refractivity contribution in [1.82, 2.24) is 20.5 Å². The van der Waals surface area contributed by atoms with E-state index < -0.39 is 11.9 Å². The van der Waals surface area contributed by atoms with Crippen LogP contribution in [0.15, 0.2) is 48.8 Å². The largest absolute Gasteiger partial charge is 0.353 e. The van der Waals surface area contributed by atoms with Gasteiger partial charge in [-0.25, -0.2) is 4.39 Å². The zero-order chi connectivity index (χ0) is 18.2. The Bertz CT molecular complexity index is 722. The van der Waals surface area contributed by atoms with Crippen LogP contribution >= 0.6 is 0 Å². The number of carbonyl (C=O) groups is 2. The number of pyridine rings is 1. The van der Waals surface area contributed by atoms with Crippen LogP contribution in [0.25, 0.3) is 0 Å². The third kappa shape index (κ3) is 5.09. The standard InChI is InChI=1S/C18H21FN4O2/c1-23(2)16(14-7-3-4-8-15(14)19)18(25)22-11-10-21-17(24)13-6-5-9-20-12-13/h3-9,12,16H,10-11H2,1-2H3,(H,21,24)(H,22,25)/t16-/m0/s1. The highest BCUT2D eigenvalue weighted by Gasteiger charge is 2.25. The summed E-state index contributed by atoms with van der Waals surface area (Å²) in [6.45, 7) is 0.501. The summed E-state index contributed by atoms with van der Waals surface area (Å²) in [5.74, 6) is -1.02. The van der Waals surface area contributed by atoms with E-state index in [1.54, 1.807) is 55.5 Å². The number of amides is 2. The number of likely N-dealkylation sites (N-methyl/N-ethyl adjacent to an activating group) is 1. The maximum atomic E-state index is 14.0. The van der Waals surface area contributed by atoms with Crippen molar-refractivity contribution in [3.05, 3.63) is 65.7 Å². The van der Waals surface area contributed by atoms with Crippen molar-refractivity contribution in [2.24, 2.45) is 0 Å². The maximum Gasteiger partial charge on any atom is 0.252 e. The molecule has 0 spiro atoms. The first-order valence-electron chi connectivity index (χ1n) is 7.87. The minimum atomic E-state index is -0.741. The van der Waals surface area contributed by atoms with Crippen LogP contribution in [0, 0.1) is 5.82 Å². The molecule has 1 aromatic carbocycles. The molecule has 6 nitrogen and oxygen atoms in total. The minimum absolute atomic E-state index is 0.240. The van der Waals surface area contributed by atoms with Crippen LogP contribution in [0.5, 0.6) is 0 Å². The maximum absolute atomic E-state index is 14.0. The molecule has 7 heteroatoms. The van der Waals surface area contributed by atoms with E-state index in [0.717, 1.165) is 0 Å². The normalized spacial score (nSPS) is 11.8. The van der Waals surface area contributed by atoms with Gasteiger partial charge < -0.3 is 10.6 Å². The predicted molar refractivity (Wildman–Crippen MR) is 92.4 cm³/mol. The second-order valence-electron chi connectivity index (χ2n) is 5.68. The summed E-state index contributed by atoms with van der Waals surface area (Å²) in [6, 6.07) is 8.77. The monoisotopic (exact) mass is 344 g/mol. The molecule has 1 aromatic heterocycles. The summed E-state index contributed by atoms with van der Waals surface area (Å²) in [4.78, 5) is 29.8. The van der Waals surface area contributed by atoms with E-state index in [9.17, 15) is 14.0 Å². The minimum Gasteiger partial charge on any atom is -0.353 e. The van der Waals surface area contributed by atoms with Crippen molar-refractivity contribution in [1.29, 1.82) is 0 Å². The van der Waals surface area contributed by atoms with E-state index >= 15 is 0 Å². The molecular weight excluding hydrogens is 323 g/mol. The molecule has 0 aliphatic heterocycles. The van der Waals surface area contributed by atoms with E-state index in [1.807, 2.05) is 0 Å². The molecule has 0 saturated carbocycles. The molecule has 0 saturated heterocycles. The van der Waals surface area contributed by atoms with Gasteiger partial charge in [0.05, 0.1) is 5.56 Å². The Morgan fingerprint density at radius 3 is 2.48 bits per heavy atom. The quantitative estimate of drug-likeness (QED) is 0.744. The highest BCUT2D eigenvalue weighted by molar-refractivity contribution is 5.93. The fraction of sp³-hybridized carbons (Fsp3) is 0.278. The molecule has 0 fully saturated rings. The lowest BCUT2D eigenvalue weighted by Crippen LogP contribution is -2.41. The molecule has 2 rings (SSSR count). The molecule has 0 aliphatic carbocycles. The molecule has 1 atom stereocenters. The number of benzene rings is 1. The van der Waals surface area contributed by atoms with Gasteiger partial charge in [0, 0.05) is 31.0 Å². The number of rotatable bonds is 7. The molecule has 1 heterocycles. The Balaban J connectivity index is 1.88. The molecular formula is C18H21FN4O2. The van der Waals surface area contributed by atoms with Gasteiger partial charge >= 0.3 is 0 Å². The molecule has 0 aliphatic rings. The molecule has 0 bridgehead atoms. The Morgan fingerprint density at radius 1 is 1.12 bits per heavy atom. The number of halogens is 1. The van der Waals surface area contributed by atoms with Crippen LogP contribution in [0.2, 0.25) is 0 Å². The second-order valence-corrected chi connectivity index (χ2v) is 5.68. The highest BCUT2D eigenvalue weighted by Crippen LogP contribution is 2.21. The molecule has 0 radical (unpaired) electrons. The summed E-state index contributed by atoms with van der Waals surface area (Å²) in [5.41, 5.74) is 0.760. The first-order valence-corrected chi connectivity index (χ1v) is 7.87. The SMILES string of the molecule is CN(C)[C@H](C(=O)NCCNC(=O)c1cccnc1)c1ccccc1F. The van der Waals surface area contributed by atoms with Gasteiger partial charge in [-0.05, 0) is 32.3 Å². The van der Waals surface area contributed by atoms with Crippen molar-refractivity contribution in [3.8, 4) is 0 Å². The average molecular weight is 344 g/mol. The van der Waals surface area contributed by atoms with Gasteiger partial charge in [0.25, 0.3) is 5.91 Å². The van der Waals surface area contributed by atoms with Crippen LogP contribution in [-0.2, 0) is 4.79 Å². The van der Waals surface area contributed by atoms with Crippen molar-refractivity contribution < 1.29 is 14.0 Å². The molecule has 2 amide bonds. The van der Waals surface area contributed by atoms with Crippen LogP contribution in [0.3, 0.4) is 0 Å². The van der Waals surface area contributed by atoms with Crippen LogP contribution in [-0.4, -0.2) is 48.9 Å². The van der Waals surface area contributed by atoms with Crippen LogP contribution < -0.4 is 10.6 Å². The lowest BCUT2D eigenvalue weighted by atomic mass is 10.0. The summed E-state index contributed by atoms with van der Waals surface area (Å²) in [5, 5.41) is 5.41. The summed E-state index contributed by atoms with van der Waals surface area (Å²) < 4.78 is 14.0. The Labute approximate surface area is 146 Å². The molecule has 25 heavy (non-hydrogen) atoms. The average Bonchev–Trinajstić information content (AvgIpc) is 2.61. The van der Waals surface area contributed by atoms with Gasteiger partial charge in [-0.3, -0.25) is 19.5 Å². The van der Waals surface area contributed by atoms with E-state index in [4.69, 9.17) is 0 Å². The lowest BCUT2D eigenvalue weighted by Gasteiger charge is -2.24. The smallest absolute Gasteiger partial charge is 0.252 e. The Hall–Kier alpha value is -2.80. The highest BCUT2D eigenvalue weighted by atomic mass is 19.1. The van der Waals surface area contributed by atoms with Crippen molar-refractivity contribution >= 4 is 11.8 Å². The lowest BCUT2D eigenvalue weighted by molar-refractivity contribution is -0.125. The number of nitrogens with zero attached hydrogens (tertiary/aromatic N) is 2. The topological polar surface area (TPSA) is 74.3 Å². The zero-order valence-electron chi connectivity index (χ0n) is 14.2. The second kappa shape index (κ2) is 8.89. The molecule has 132 valence electrons. The predicted octanol–water partition coefficient (Wildman–Crippen LogP) is 1.37. The molecule has 0 unspecified atom stereocenters. The van der Waals surface area contributed by atoms with Crippen molar-refractivity contribution in [3.63, 3.8) is 0 Å². The van der Waals surface area contributed by atoms with E-state index in [0.29, 0.717) is 11.1 Å². The van der Waals surface area contributed by atoms with Gasteiger partial charge in [0.1, 0.15) is 11.9 Å². The third-order valence-corrected chi connectivity index (χ3v) is 3.60. The van der Waals surface area contributed by atoms with Gasteiger partial charge in [-0.15, -0.1) is 0 Å². The number of nitrogens with one attached hydrogen (secondary N) is 2. The van der Waals surface area contributed by atoms with Crippen molar-refractivity contribution in [2.75, 3.05) is 27.2 Å². The number of aromatic nitrogens is 1. The first-order chi connectivity index (χ1) is 12.0. The summed E-state index contributed by atoms with van der Waals surface area (Å²) in [6.07, 6.45) is 3.05. The van der Waals surface area contributed by atoms with E-state index in [-0.39, 0.29) is 24.9 Å². The Morgan fingerprint density at radius 2 is 1.84 bits per heavy atom. The van der Waals surface area contributed by atoms with Crippen molar-refractivity contribution in [2.45, 2.75) is 6.04 Å². The number of hydrogen-bond acceptors (Lipinski definition) is 4. The fourth-order valence-electron chi connectivity index (χ4n) is 2.41. The first kappa shape index (κ1) is 18.5. The number of carbonyl (C=O) groups excluding carboxylic acids is 2. The third-order valence-electron chi connectivity index (χ3n) is 3.60. The molecule has 2 aromatic rings. The summed E-state index contributed by atoms with van der Waals surface area (Å²) >= 11 is 0. The summed E-state index contributed by atoms with van der Waals surface area (Å²) in [7, 11) is 3.42. The number of hydrogen-bond donors (Lipinski definition) is 2. The van der Waals surface area contributed by atoms with Crippen LogP contribution in [0.4, 0.5) is 4.39 Å². The Kier molecular flexibility index (Phi) is 6.59. The van der Waals surface area contributed by atoms with Gasteiger partial charge in [-0.2, -0.15) is 0 Å². The molecule has 2 N–H and O–H groups in total. The van der Waals surface area contributed by atoms with Gasteiger partial charge in [0.15, 0.2) is 0 Å². The van der Waals surface area contributed by atoms with Crippen LogP contribution in [0.1, 0.15) is 22.0 Å². The van der Waals surface area contributed by atoms with Gasteiger partial charge in [0.2, 0.25) is 5.91 Å². The zero-order valence-corrected chi connectivity index (χ0v) is 14.2. The van der Waals surface area contributed by atoms with E-state index in [2.05, 4.69) is 15.6 Å². The van der Waals surface area contributed by atoms with Gasteiger partial charge in [-0.1, -0.05) is 18.2 Å². The fourth-order valence-corrected chi connectivity index (χ4v) is 2.41.